The quantitative estimate of drug-likeness (QED) is 0.226. The summed E-state index contributed by atoms with van der Waals surface area (Å²) >= 11 is 0. The van der Waals surface area contributed by atoms with Crippen LogP contribution in [0.5, 0.6) is 17.2 Å². The third-order valence-electron chi connectivity index (χ3n) is 5.88. The Kier molecular flexibility index (Phi) is 8.71. The van der Waals surface area contributed by atoms with Crippen LogP contribution in [0.3, 0.4) is 0 Å². The van der Waals surface area contributed by atoms with Gasteiger partial charge in [-0.1, -0.05) is 41.5 Å². The van der Waals surface area contributed by atoms with Crippen LogP contribution in [-0.2, 0) is 4.74 Å². The number of methoxy groups -OCH3 is 2. The van der Waals surface area contributed by atoms with Crippen LogP contribution < -0.4 is 13.9 Å². The Morgan fingerprint density at radius 2 is 1.39 bits per heavy atom. The third-order valence-corrected chi connectivity index (χ3v) is 11.9. The normalized spacial score (nSPS) is 11.8. The number of benzene rings is 2. The molecule has 0 unspecified atom stereocenters. The number of rotatable bonds is 11. The highest BCUT2D eigenvalue weighted by atomic mass is 28.4. The molecule has 6 heteroatoms. The molecule has 2 aromatic carbocycles. The van der Waals surface area contributed by atoms with E-state index in [4.69, 9.17) is 18.6 Å². The van der Waals surface area contributed by atoms with Crippen LogP contribution in [-0.4, -0.2) is 35.1 Å². The van der Waals surface area contributed by atoms with E-state index in [0.29, 0.717) is 39.2 Å². The van der Waals surface area contributed by atoms with Crippen LogP contribution in [0, 0.1) is 0 Å². The number of ether oxygens (including phenoxy) is 3. The first kappa shape index (κ1) is 25.0. The molecule has 0 aliphatic carbocycles. The molecule has 0 aliphatic rings. The SMILES string of the molecule is COCOc1cc(OC)ccc1C(=O)c1ccc(O[Si](C(C)C)(C(C)C)C(C)C)cc1. The van der Waals surface area contributed by atoms with Crippen molar-refractivity contribution >= 4 is 14.1 Å². The molecular weight excluding hydrogens is 408 g/mol. The Hall–Kier alpha value is -2.31. The van der Waals surface area contributed by atoms with Crippen molar-refractivity contribution in [1.29, 1.82) is 0 Å². The fraction of sp³-hybridized carbons (Fsp3) is 0.480. The maximum atomic E-state index is 13.2. The molecule has 0 fully saturated rings. The predicted molar refractivity (Wildman–Crippen MR) is 127 cm³/mol. The molecule has 2 rings (SSSR count). The molecule has 0 aliphatic heterocycles. The van der Waals surface area contributed by atoms with Gasteiger partial charge in [0.25, 0.3) is 8.32 Å². The van der Waals surface area contributed by atoms with Crippen molar-refractivity contribution in [1.82, 2.24) is 0 Å². The minimum Gasteiger partial charge on any atom is -0.543 e. The summed E-state index contributed by atoms with van der Waals surface area (Å²) in [4.78, 5) is 13.2. The summed E-state index contributed by atoms with van der Waals surface area (Å²) in [6.07, 6.45) is 0. The maximum absolute atomic E-state index is 13.2. The van der Waals surface area contributed by atoms with Gasteiger partial charge in [0.15, 0.2) is 12.6 Å². The summed E-state index contributed by atoms with van der Waals surface area (Å²) in [6.45, 7) is 13.6. The van der Waals surface area contributed by atoms with E-state index < -0.39 is 8.32 Å². The van der Waals surface area contributed by atoms with Gasteiger partial charge in [0.05, 0.1) is 12.7 Å². The summed E-state index contributed by atoms with van der Waals surface area (Å²) < 4.78 is 22.5. The van der Waals surface area contributed by atoms with Gasteiger partial charge in [-0.15, -0.1) is 0 Å². The first-order valence-electron chi connectivity index (χ1n) is 10.8. The fourth-order valence-corrected chi connectivity index (χ4v) is 9.70. The lowest BCUT2D eigenvalue weighted by molar-refractivity contribution is 0.0502. The molecule has 2 aromatic rings. The van der Waals surface area contributed by atoms with E-state index >= 15 is 0 Å². The zero-order valence-electron chi connectivity index (χ0n) is 20.0. The highest BCUT2D eigenvalue weighted by Gasteiger charge is 2.46. The van der Waals surface area contributed by atoms with Gasteiger partial charge in [0.1, 0.15) is 17.2 Å². The number of carbonyl (C=O) groups excluding carboxylic acids is 1. The van der Waals surface area contributed by atoms with Crippen molar-refractivity contribution in [2.24, 2.45) is 0 Å². The van der Waals surface area contributed by atoms with E-state index in [2.05, 4.69) is 41.5 Å². The Morgan fingerprint density at radius 1 is 0.839 bits per heavy atom. The summed E-state index contributed by atoms with van der Waals surface area (Å²) in [5, 5.41) is 0. The van der Waals surface area contributed by atoms with E-state index in [1.165, 1.54) is 7.11 Å². The second-order valence-corrected chi connectivity index (χ2v) is 14.1. The van der Waals surface area contributed by atoms with E-state index in [0.717, 1.165) is 5.75 Å². The lowest BCUT2D eigenvalue weighted by atomic mass is 10.0. The van der Waals surface area contributed by atoms with Crippen LogP contribution in [0.2, 0.25) is 16.6 Å². The van der Waals surface area contributed by atoms with E-state index in [1.807, 2.05) is 24.3 Å². The van der Waals surface area contributed by atoms with E-state index in [-0.39, 0.29) is 12.6 Å². The van der Waals surface area contributed by atoms with Gasteiger partial charge in [-0.05, 0) is 53.0 Å². The van der Waals surface area contributed by atoms with Crippen molar-refractivity contribution in [2.75, 3.05) is 21.0 Å². The van der Waals surface area contributed by atoms with Crippen LogP contribution in [0.25, 0.3) is 0 Å². The molecule has 0 heterocycles. The molecular formula is C25H36O5Si. The van der Waals surface area contributed by atoms with Gasteiger partial charge in [0, 0.05) is 18.7 Å². The van der Waals surface area contributed by atoms with Crippen LogP contribution in [0.15, 0.2) is 42.5 Å². The molecule has 0 bridgehead atoms. The monoisotopic (exact) mass is 444 g/mol. The summed E-state index contributed by atoms with van der Waals surface area (Å²) in [5.41, 5.74) is 2.48. The largest absolute Gasteiger partial charge is 0.543 e. The minimum atomic E-state index is -2.04. The van der Waals surface area contributed by atoms with Gasteiger partial charge in [-0.25, -0.2) is 0 Å². The fourth-order valence-electron chi connectivity index (χ4n) is 4.45. The molecule has 31 heavy (non-hydrogen) atoms. The van der Waals surface area contributed by atoms with E-state index in [1.54, 1.807) is 25.3 Å². The minimum absolute atomic E-state index is 0.0482. The number of carbonyl (C=O) groups is 1. The average Bonchev–Trinajstić information content (AvgIpc) is 2.74. The van der Waals surface area contributed by atoms with Crippen LogP contribution >= 0.6 is 0 Å². The summed E-state index contributed by atoms with van der Waals surface area (Å²) in [7, 11) is 1.07. The molecule has 170 valence electrons. The number of hydrogen-bond donors (Lipinski definition) is 0. The summed E-state index contributed by atoms with van der Waals surface area (Å²) in [5.74, 6) is 1.74. The number of ketones is 1. The Balaban J connectivity index is 2.32. The van der Waals surface area contributed by atoms with Gasteiger partial charge in [-0.3, -0.25) is 4.79 Å². The van der Waals surface area contributed by atoms with Crippen molar-refractivity contribution < 1.29 is 23.4 Å². The predicted octanol–water partition coefficient (Wildman–Crippen LogP) is 6.46. The highest BCUT2D eigenvalue weighted by molar-refractivity contribution is 6.78. The molecule has 0 N–H and O–H groups in total. The zero-order chi connectivity index (χ0) is 23.2. The Labute approximate surface area is 187 Å². The van der Waals surface area contributed by atoms with Crippen LogP contribution in [0.4, 0.5) is 0 Å². The first-order chi connectivity index (χ1) is 14.7. The average molecular weight is 445 g/mol. The molecule has 0 atom stereocenters. The highest BCUT2D eigenvalue weighted by Crippen LogP contribution is 2.42. The molecule has 0 saturated heterocycles. The standard InChI is InChI=1S/C25H36O5Si/c1-17(2)31(18(3)4,19(5)6)30-21-11-9-20(10-12-21)25(26)23-14-13-22(28-8)15-24(23)29-16-27-7/h9-15,17-19H,16H2,1-8H3. The van der Waals surface area contributed by atoms with Crippen molar-refractivity contribution in [2.45, 2.75) is 58.2 Å². The van der Waals surface area contributed by atoms with Crippen molar-refractivity contribution in [3.63, 3.8) is 0 Å². The second-order valence-electron chi connectivity index (χ2n) is 8.69. The molecule has 5 nitrogen and oxygen atoms in total. The molecule has 0 saturated carbocycles. The van der Waals surface area contributed by atoms with Gasteiger partial charge in [-0.2, -0.15) is 0 Å². The smallest absolute Gasteiger partial charge is 0.258 e. The van der Waals surface area contributed by atoms with Gasteiger partial charge in [0.2, 0.25) is 0 Å². The van der Waals surface area contributed by atoms with Gasteiger partial charge < -0.3 is 18.6 Å². The topological polar surface area (TPSA) is 54.0 Å². The third kappa shape index (κ3) is 5.49. The first-order valence-corrected chi connectivity index (χ1v) is 12.9. The molecule has 0 aromatic heterocycles. The second kappa shape index (κ2) is 10.8. The number of hydrogen-bond acceptors (Lipinski definition) is 5. The van der Waals surface area contributed by atoms with E-state index in [9.17, 15) is 4.79 Å². The summed E-state index contributed by atoms with van der Waals surface area (Å²) in [6, 6.07) is 12.6. The Morgan fingerprint density at radius 3 is 1.87 bits per heavy atom. The Bertz CT molecular complexity index is 837. The lowest BCUT2D eigenvalue weighted by Gasteiger charge is -2.42. The molecule has 0 amide bonds. The lowest BCUT2D eigenvalue weighted by Crippen LogP contribution is -2.50. The van der Waals surface area contributed by atoms with Crippen molar-refractivity contribution in [3.8, 4) is 17.2 Å². The van der Waals surface area contributed by atoms with Gasteiger partial charge >= 0.3 is 0 Å². The molecule has 0 radical (unpaired) electrons. The maximum Gasteiger partial charge on any atom is 0.258 e. The van der Waals surface area contributed by atoms with Crippen LogP contribution in [0.1, 0.15) is 57.5 Å². The molecule has 0 spiro atoms. The zero-order valence-corrected chi connectivity index (χ0v) is 21.0. The van der Waals surface area contributed by atoms with Crippen molar-refractivity contribution in [3.05, 3.63) is 53.6 Å².